The van der Waals surface area contributed by atoms with Crippen LogP contribution in [0.4, 0.5) is 11.6 Å². The lowest BCUT2D eigenvalue weighted by molar-refractivity contribution is -0.145. The van der Waals surface area contributed by atoms with E-state index < -0.39 is 12.1 Å². The highest BCUT2D eigenvalue weighted by atomic mass is 16.6. The maximum absolute atomic E-state index is 12.7. The molecule has 1 unspecified atom stereocenters. The van der Waals surface area contributed by atoms with Crippen LogP contribution < -0.4 is 15.4 Å². The number of hydrogen-bond acceptors (Lipinski definition) is 8. The number of rotatable bonds is 10. The molecule has 2 N–H and O–H groups in total. The number of ether oxygens (including phenoxy) is 4. The highest BCUT2D eigenvalue weighted by Crippen LogP contribution is 2.34. The summed E-state index contributed by atoms with van der Waals surface area (Å²) in [5.74, 6) is -0.108. The van der Waals surface area contributed by atoms with Crippen LogP contribution in [0.3, 0.4) is 0 Å². The first-order valence-electron chi connectivity index (χ1n) is 8.99. The summed E-state index contributed by atoms with van der Waals surface area (Å²) in [7, 11) is 0. The predicted molar refractivity (Wildman–Crippen MR) is 98.5 cm³/mol. The Morgan fingerprint density at radius 3 is 2.67 bits per heavy atom. The van der Waals surface area contributed by atoms with E-state index in [2.05, 4.69) is 4.98 Å². The van der Waals surface area contributed by atoms with Crippen molar-refractivity contribution in [2.24, 2.45) is 5.92 Å². The normalized spacial score (nSPS) is 16.2. The van der Waals surface area contributed by atoms with E-state index in [1.54, 1.807) is 12.1 Å². The zero-order valence-corrected chi connectivity index (χ0v) is 16.0. The summed E-state index contributed by atoms with van der Waals surface area (Å²) in [5, 5.41) is 0. The van der Waals surface area contributed by atoms with Gasteiger partial charge in [0.2, 0.25) is 0 Å². The second-order valence-electron chi connectivity index (χ2n) is 6.29. The zero-order chi connectivity index (χ0) is 19.8. The second-order valence-corrected chi connectivity index (χ2v) is 6.29. The first-order chi connectivity index (χ1) is 12.9. The van der Waals surface area contributed by atoms with Crippen LogP contribution in [0, 0.1) is 5.92 Å². The molecule has 2 rings (SSSR count). The second kappa shape index (κ2) is 10.1. The van der Waals surface area contributed by atoms with E-state index in [1.165, 1.54) is 4.90 Å². The molecule has 1 amide bonds. The van der Waals surface area contributed by atoms with Gasteiger partial charge in [0.05, 0.1) is 19.8 Å². The van der Waals surface area contributed by atoms with E-state index in [0.717, 1.165) is 0 Å². The van der Waals surface area contributed by atoms with Crippen LogP contribution in [0.5, 0.6) is 5.75 Å². The van der Waals surface area contributed by atoms with E-state index in [-0.39, 0.29) is 43.2 Å². The molecule has 0 saturated heterocycles. The van der Waals surface area contributed by atoms with E-state index in [4.69, 9.17) is 24.7 Å². The fourth-order valence-corrected chi connectivity index (χ4v) is 2.51. The van der Waals surface area contributed by atoms with Gasteiger partial charge in [-0.1, -0.05) is 13.8 Å². The molecule has 2 heterocycles. The monoisotopic (exact) mass is 381 g/mol. The van der Waals surface area contributed by atoms with E-state index >= 15 is 0 Å². The van der Waals surface area contributed by atoms with E-state index in [9.17, 15) is 9.59 Å². The number of aromatic nitrogens is 1. The van der Waals surface area contributed by atoms with Gasteiger partial charge in [0.25, 0.3) is 5.91 Å². The third kappa shape index (κ3) is 5.80. The van der Waals surface area contributed by atoms with Crippen LogP contribution in [0.25, 0.3) is 0 Å². The Bertz CT molecular complexity index is 652. The van der Waals surface area contributed by atoms with Gasteiger partial charge in [-0.05, 0) is 25.0 Å². The van der Waals surface area contributed by atoms with Gasteiger partial charge in [-0.15, -0.1) is 0 Å². The smallest absolute Gasteiger partial charge is 0.326 e. The summed E-state index contributed by atoms with van der Waals surface area (Å²) in [6.07, 6.45) is -0.697. The Hall–Kier alpha value is -2.39. The molecular weight excluding hydrogens is 354 g/mol. The third-order valence-electron chi connectivity index (χ3n) is 3.84. The molecule has 9 nitrogen and oxygen atoms in total. The maximum Gasteiger partial charge on any atom is 0.326 e. The van der Waals surface area contributed by atoms with Crippen molar-refractivity contribution < 1.29 is 28.5 Å². The lowest BCUT2D eigenvalue weighted by Crippen LogP contribution is -2.50. The predicted octanol–water partition coefficient (Wildman–Crippen LogP) is 1.01. The lowest BCUT2D eigenvalue weighted by atomic mass is 10.0. The quantitative estimate of drug-likeness (QED) is 0.472. The van der Waals surface area contributed by atoms with E-state index in [1.807, 2.05) is 20.8 Å². The first-order valence-corrected chi connectivity index (χ1v) is 8.99. The number of anilines is 2. The van der Waals surface area contributed by atoms with Crippen molar-refractivity contribution in [3.8, 4) is 5.75 Å². The van der Waals surface area contributed by atoms with Crippen molar-refractivity contribution >= 4 is 23.5 Å². The van der Waals surface area contributed by atoms with Crippen molar-refractivity contribution in [1.82, 2.24) is 4.98 Å². The van der Waals surface area contributed by atoms with Gasteiger partial charge in [-0.3, -0.25) is 14.5 Å². The number of esters is 1. The number of fused-ring (bicyclic) bond motifs is 1. The van der Waals surface area contributed by atoms with Crippen molar-refractivity contribution in [2.45, 2.75) is 26.9 Å². The fourth-order valence-electron chi connectivity index (χ4n) is 2.51. The molecule has 0 bridgehead atoms. The minimum absolute atomic E-state index is 0.0690. The number of nitrogens with two attached hydrogens (primary N) is 1. The molecule has 150 valence electrons. The summed E-state index contributed by atoms with van der Waals surface area (Å²) >= 11 is 0. The highest BCUT2D eigenvalue weighted by molar-refractivity contribution is 6.02. The molecule has 0 aliphatic carbocycles. The number of nitrogen functional groups attached to an aromatic ring is 1. The minimum atomic E-state index is -0.697. The average molecular weight is 381 g/mol. The van der Waals surface area contributed by atoms with Gasteiger partial charge >= 0.3 is 5.97 Å². The van der Waals surface area contributed by atoms with Gasteiger partial charge in [0, 0.05) is 6.61 Å². The Balaban J connectivity index is 1.94. The van der Waals surface area contributed by atoms with Gasteiger partial charge in [-0.25, -0.2) is 4.98 Å². The van der Waals surface area contributed by atoms with Crippen LogP contribution in [-0.4, -0.2) is 62.5 Å². The van der Waals surface area contributed by atoms with Crippen LogP contribution in [0.2, 0.25) is 0 Å². The number of hydrogen-bond donors (Lipinski definition) is 1. The van der Waals surface area contributed by atoms with Gasteiger partial charge in [0.1, 0.15) is 19.0 Å². The van der Waals surface area contributed by atoms with Gasteiger partial charge < -0.3 is 24.7 Å². The van der Waals surface area contributed by atoms with Crippen LogP contribution in [0.15, 0.2) is 12.1 Å². The Labute approximate surface area is 158 Å². The SMILES string of the molecule is CCOCCOCCOC(=O)CN1C(=O)C(C(C)C)Oc2ccc(N)nc21. The number of nitrogens with zero attached hydrogens (tertiary/aromatic N) is 2. The van der Waals surface area contributed by atoms with E-state index in [0.29, 0.717) is 25.6 Å². The number of amides is 1. The molecule has 0 aromatic carbocycles. The van der Waals surface area contributed by atoms with Gasteiger partial charge in [0.15, 0.2) is 17.7 Å². The largest absolute Gasteiger partial charge is 0.476 e. The summed E-state index contributed by atoms with van der Waals surface area (Å²) < 4.78 is 21.3. The number of pyridine rings is 1. The highest BCUT2D eigenvalue weighted by Gasteiger charge is 2.38. The maximum atomic E-state index is 12.7. The molecule has 0 fully saturated rings. The number of carbonyl (C=O) groups excluding carboxylic acids is 2. The van der Waals surface area contributed by atoms with Crippen LogP contribution in [0.1, 0.15) is 20.8 Å². The van der Waals surface area contributed by atoms with Crippen LogP contribution in [-0.2, 0) is 23.8 Å². The molecule has 1 atom stereocenters. The molecule has 1 aliphatic rings. The van der Waals surface area contributed by atoms with Gasteiger partial charge in [-0.2, -0.15) is 0 Å². The molecule has 1 aromatic rings. The third-order valence-corrected chi connectivity index (χ3v) is 3.84. The van der Waals surface area contributed by atoms with Crippen molar-refractivity contribution in [2.75, 3.05) is 50.2 Å². The molecule has 1 aliphatic heterocycles. The molecule has 9 heteroatoms. The molecule has 0 saturated carbocycles. The molecular formula is C18H27N3O6. The van der Waals surface area contributed by atoms with Crippen molar-refractivity contribution in [1.29, 1.82) is 0 Å². The lowest BCUT2D eigenvalue weighted by Gasteiger charge is -2.34. The summed E-state index contributed by atoms with van der Waals surface area (Å²) in [5.41, 5.74) is 5.72. The number of carbonyl (C=O) groups is 2. The average Bonchev–Trinajstić information content (AvgIpc) is 2.63. The van der Waals surface area contributed by atoms with Crippen LogP contribution >= 0.6 is 0 Å². The Morgan fingerprint density at radius 1 is 1.26 bits per heavy atom. The fraction of sp³-hybridized carbons (Fsp3) is 0.611. The molecule has 0 radical (unpaired) electrons. The van der Waals surface area contributed by atoms with Crippen molar-refractivity contribution in [3.63, 3.8) is 0 Å². The Morgan fingerprint density at radius 2 is 1.96 bits per heavy atom. The molecule has 0 spiro atoms. The summed E-state index contributed by atoms with van der Waals surface area (Å²) in [6, 6.07) is 3.23. The topological polar surface area (TPSA) is 113 Å². The Kier molecular flexibility index (Phi) is 7.81. The standard InChI is InChI=1S/C18H27N3O6/c1-4-24-7-8-25-9-10-26-15(22)11-21-17-13(5-6-14(19)20-17)27-16(12(2)3)18(21)23/h5-6,12,16H,4,7-11H2,1-3H3,(H2,19,20). The molecule has 1 aromatic heterocycles. The minimum Gasteiger partial charge on any atom is -0.476 e. The molecule has 27 heavy (non-hydrogen) atoms. The first kappa shape index (κ1) is 20.9. The van der Waals surface area contributed by atoms with Crippen molar-refractivity contribution in [3.05, 3.63) is 12.1 Å². The summed E-state index contributed by atoms with van der Waals surface area (Å²) in [6.45, 7) is 7.27. The zero-order valence-electron chi connectivity index (χ0n) is 16.0. The summed E-state index contributed by atoms with van der Waals surface area (Å²) in [4.78, 5) is 30.3.